The van der Waals surface area contributed by atoms with Gasteiger partial charge in [-0.05, 0) is 30.8 Å². The van der Waals surface area contributed by atoms with Crippen LogP contribution in [0.3, 0.4) is 0 Å². The molecule has 0 aromatic carbocycles. The van der Waals surface area contributed by atoms with Gasteiger partial charge in [-0.1, -0.05) is 6.07 Å². The van der Waals surface area contributed by atoms with Gasteiger partial charge in [-0.25, -0.2) is 15.8 Å². The lowest BCUT2D eigenvalue weighted by Gasteiger charge is -2.06. The molecule has 0 aliphatic rings. The van der Waals surface area contributed by atoms with Crippen molar-refractivity contribution in [3.8, 4) is 0 Å². The third-order valence-corrected chi connectivity index (χ3v) is 3.11. The molecule has 0 saturated carbocycles. The summed E-state index contributed by atoms with van der Waals surface area (Å²) in [5, 5.41) is 11.9. The Morgan fingerprint density at radius 2 is 2.21 bits per heavy atom. The molecule has 0 bridgehead atoms. The van der Waals surface area contributed by atoms with Gasteiger partial charge in [0.2, 0.25) is 5.95 Å². The molecule has 98 valence electrons. The minimum absolute atomic E-state index is 0.126. The fourth-order valence-electron chi connectivity index (χ4n) is 1.39. The number of rotatable bonds is 4. The number of nitrogens with two attached hydrogens (primary N) is 1. The van der Waals surface area contributed by atoms with Crippen LogP contribution >= 0.6 is 11.8 Å². The first kappa shape index (κ1) is 13.2. The van der Waals surface area contributed by atoms with Crippen LogP contribution in [0, 0.1) is 17.0 Å². The van der Waals surface area contributed by atoms with E-state index in [2.05, 4.69) is 20.4 Å². The number of nitro groups is 1. The maximum Gasteiger partial charge on any atom is 0.322 e. The van der Waals surface area contributed by atoms with Crippen molar-refractivity contribution in [2.75, 3.05) is 5.43 Å². The summed E-state index contributed by atoms with van der Waals surface area (Å²) in [6, 6.07) is 5.29. The molecular formula is C10H10N6O2S. The molecular weight excluding hydrogens is 268 g/mol. The molecule has 8 nitrogen and oxygen atoms in total. The van der Waals surface area contributed by atoms with Crippen molar-refractivity contribution in [3.63, 3.8) is 0 Å². The number of nitrogens with one attached hydrogen (secondary N) is 1. The van der Waals surface area contributed by atoms with Crippen LogP contribution in [-0.4, -0.2) is 19.9 Å². The number of aromatic nitrogens is 3. The van der Waals surface area contributed by atoms with Gasteiger partial charge in [-0.15, -0.1) is 0 Å². The molecule has 0 aliphatic carbocycles. The summed E-state index contributed by atoms with van der Waals surface area (Å²) >= 11 is 1.09. The molecule has 2 rings (SSSR count). The van der Waals surface area contributed by atoms with Crippen LogP contribution in [0.4, 0.5) is 11.6 Å². The largest absolute Gasteiger partial charge is 0.322 e. The number of pyridine rings is 1. The Labute approximate surface area is 112 Å². The first-order valence-electron chi connectivity index (χ1n) is 5.20. The number of hydrazine groups is 1. The van der Waals surface area contributed by atoms with E-state index < -0.39 is 4.92 Å². The molecule has 0 atom stereocenters. The van der Waals surface area contributed by atoms with Gasteiger partial charge in [0.05, 0.1) is 4.92 Å². The fourth-order valence-corrected chi connectivity index (χ4v) is 2.30. The van der Waals surface area contributed by atoms with E-state index in [9.17, 15) is 10.1 Å². The number of anilines is 1. The summed E-state index contributed by atoms with van der Waals surface area (Å²) in [6.07, 6.45) is 1.60. The van der Waals surface area contributed by atoms with Crippen LogP contribution in [0.5, 0.6) is 0 Å². The van der Waals surface area contributed by atoms with Crippen LogP contribution in [0.15, 0.2) is 34.4 Å². The highest BCUT2D eigenvalue weighted by Crippen LogP contribution is 2.34. The van der Waals surface area contributed by atoms with Crippen molar-refractivity contribution in [2.45, 2.75) is 17.0 Å². The lowest BCUT2D eigenvalue weighted by molar-refractivity contribution is -0.389. The third-order valence-electron chi connectivity index (χ3n) is 2.18. The number of nitrogen functional groups attached to an aromatic ring is 1. The molecule has 0 fully saturated rings. The Bertz CT molecular complexity index is 606. The fraction of sp³-hybridized carbons (Fsp3) is 0.100. The third kappa shape index (κ3) is 2.95. The second-order valence-electron chi connectivity index (χ2n) is 3.46. The van der Waals surface area contributed by atoms with Crippen molar-refractivity contribution in [1.29, 1.82) is 0 Å². The van der Waals surface area contributed by atoms with Crippen LogP contribution in [0.1, 0.15) is 5.69 Å². The monoisotopic (exact) mass is 278 g/mol. The Kier molecular flexibility index (Phi) is 3.88. The van der Waals surface area contributed by atoms with E-state index in [1.54, 1.807) is 24.4 Å². The smallest absolute Gasteiger partial charge is 0.292 e. The first-order chi connectivity index (χ1) is 9.11. The maximum absolute atomic E-state index is 11.1. The molecule has 0 spiro atoms. The van der Waals surface area contributed by atoms with Crippen LogP contribution in [-0.2, 0) is 0 Å². The highest BCUT2D eigenvalue weighted by molar-refractivity contribution is 7.99. The molecule has 0 radical (unpaired) electrons. The van der Waals surface area contributed by atoms with Crippen molar-refractivity contribution in [2.24, 2.45) is 5.84 Å². The van der Waals surface area contributed by atoms with E-state index in [4.69, 9.17) is 5.84 Å². The van der Waals surface area contributed by atoms with Crippen molar-refractivity contribution < 1.29 is 4.92 Å². The second-order valence-corrected chi connectivity index (χ2v) is 4.47. The number of aryl methyl sites for hydroxylation is 1. The van der Waals surface area contributed by atoms with Gasteiger partial charge in [0.25, 0.3) is 0 Å². The summed E-state index contributed by atoms with van der Waals surface area (Å²) in [4.78, 5) is 22.5. The zero-order valence-corrected chi connectivity index (χ0v) is 10.7. The molecule has 9 heteroatoms. The summed E-state index contributed by atoms with van der Waals surface area (Å²) in [7, 11) is 0. The number of hydrogen-bond donors (Lipinski definition) is 2. The summed E-state index contributed by atoms with van der Waals surface area (Å²) in [5.74, 6) is 5.36. The van der Waals surface area contributed by atoms with E-state index in [-0.39, 0.29) is 22.4 Å². The minimum Gasteiger partial charge on any atom is -0.292 e. The van der Waals surface area contributed by atoms with Crippen molar-refractivity contribution >= 4 is 23.4 Å². The molecule has 0 unspecified atom stereocenters. The number of nitrogens with zero attached hydrogens (tertiary/aromatic N) is 4. The Hall–Kier alpha value is -2.26. The normalized spacial score (nSPS) is 10.2. The quantitative estimate of drug-likeness (QED) is 0.374. The van der Waals surface area contributed by atoms with E-state index in [1.807, 2.05) is 0 Å². The van der Waals surface area contributed by atoms with Crippen LogP contribution < -0.4 is 11.3 Å². The molecule has 0 aliphatic heterocycles. The van der Waals surface area contributed by atoms with Gasteiger partial charge in [-0.2, -0.15) is 4.98 Å². The van der Waals surface area contributed by atoms with Gasteiger partial charge in [0.1, 0.15) is 10.7 Å². The lowest BCUT2D eigenvalue weighted by atomic mass is 10.4. The lowest BCUT2D eigenvalue weighted by Crippen LogP contribution is -2.12. The second kappa shape index (κ2) is 5.59. The van der Waals surface area contributed by atoms with E-state index >= 15 is 0 Å². The van der Waals surface area contributed by atoms with E-state index in [0.29, 0.717) is 5.03 Å². The van der Waals surface area contributed by atoms with Gasteiger partial charge in [0.15, 0.2) is 5.03 Å². The zero-order chi connectivity index (χ0) is 13.8. The predicted molar refractivity (Wildman–Crippen MR) is 69.6 cm³/mol. The first-order valence-corrected chi connectivity index (χ1v) is 6.02. The van der Waals surface area contributed by atoms with Crippen molar-refractivity contribution in [3.05, 3.63) is 40.2 Å². The van der Waals surface area contributed by atoms with E-state index in [0.717, 1.165) is 11.8 Å². The van der Waals surface area contributed by atoms with Crippen LogP contribution in [0.2, 0.25) is 0 Å². The topological polar surface area (TPSA) is 120 Å². The predicted octanol–water partition coefficient (Wildman–Crippen LogP) is 1.53. The average Bonchev–Trinajstić information content (AvgIpc) is 2.38. The maximum atomic E-state index is 11.1. The Balaban J connectivity index is 2.48. The molecule has 19 heavy (non-hydrogen) atoms. The summed E-state index contributed by atoms with van der Waals surface area (Å²) in [6.45, 7) is 1.53. The van der Waals surface area contributed by atoms with Gasteiger partial charge < -0.3 is 0 Å². The Morgan fingerprint density at radius 3 is 2.79 bits per heavy atom. The summed E-state index contributed by atoms with van der Waals surface area (Å²) in [5.41, 5.74) is 2.38. The molecule has 2 aromatic rings. The average molecular weight is 278 g/mol. The highest BCUT2D eigenvalue weighted by Gasteiger charge is 2.23. The zero-order valence-electron chi connectivity index (χ0n) is 9.90. The van der Waals surface area contributed by atoms with Gasteiger partial charge in [0, 0.05) is 6.20 Å². The van der Waals surface area contributed by atoms with Gasteiger partial charge >= 0.3 is 5.69 Å². The van der Waals surface area contributed by atoms with Crippen molar-refractivity contribution in [1.82, 2.24) is 15.0 Å². The summed E-state index contributed by atoms with van der Waals surface area (Å²) < 4.78 is 0. The van der Waals surface area contributed by atoms with E-state index in [1.165, 1.54) is 6.92 Å². The standard InChI is InChI=1S/C10H10N6O2S/c1-6-8(16(17)18)9(14-10(13-6)15-11)19-7-4-2-3-5-12-7/h2-5H,11H2,1H3,(H,13,14,15). The van der Waals surface area contributed by atoms with Crippen LogP contribution in [0.25, 0.3) is 0 Å². The Morgan fingerprint density at radius 1 is 1.42 bits per heavy atom. The number of hydrogen-bond acceptors (Lipinski definition) is 8. The highest BCUT2D eigenvalue weighted by atomic mass is 32.2. The minimum atomic E-state index is -0.513. The SMILES string of the molecule is Cc1nc(NN)nc(Sc2ccccn2)c1[N+](=O)[O-]. The molecule has 0 saturated heterocycles. The molecule has 2 heterocycles. The molecule has 3 N–H and O–H groups in total. The molecule has 0 amide bonds. The molecule has 2 aromatic heterocycles. The van der Waals surface area contributed by atoms with Gasteiger partial charge in [-0.3, -0.25) is 15.5 Å².